The van der Waals surface area contributed by atoms with Crippen LogP contribution in [0.3, 0.4) is 0 Å². The Balaban J connectivity index is 5.17. The van der Waals surface area contributed by atoms with Crippen molar-refractivity contribution in [1.29, 1.82) is 0 Å². The molecule has 1 amide bonds. The molecule has 0 aromatic heterocycles. The summed E-state index contributed by atoms with van der Waals surface area (Å²) in [4.78, 5) is 37.9. The van der Waals surface area contributed by atoms with Crippen LogP contribution < -0.4 is 5.32 Å². The standard InChI is InChI=1S/C75H133N2O7P/c1-7-10-13-16-19-22-25-28-30-32-34-36-38-40-42-44-46-49-52-55-58-61-64-67-74(78)76-72(71-83-85(80,81)82-70-69-77(4,5)6)73(66-63-60-57-54-51-48-27-24-21-18-15-12-9-3)84-75(79)68-65-62-59-56-53-50-47-45-43-41-39-37-35-33-31-29-26-23-20-17-14-11-8-2/h11,14,19-20,22-23,28-31,34-37,41,43,63,66,72-73H,7-10,12-13,15-18,21,24-27,32-33,38-40,42,44-62,64-65,67-71H2,1-6H3,(H-,76,78,80,81)/p+1/b14-11-,22-19-,23-20-,30-28-,31-29-,36-34-,37-35-,43-41-,66-63+. The van der Waals surface area contributed by atoms with Gasteiger partial charge in [0.05, 0.1) is 33.8 Å². The number of quaternary nitrogens is 1. The van der Waals surface area contributed by atoms with Crippen molar-refractivity contribution in [1.82, 2.24) is 5.32 Å². The monoisotopic (exact) mass is 1210 g/mol. The van der Waals surface area contributed by atoms with Gasteiger partial charge in [-0.15, -0.1) is 0 Å². The van der Waals surface area contributed by atoms with Crippen LogP contribution >= 0.6 is 7.82 Å². The van der Waals surface area contributed by atoms with Crippen LogP contribution in [0.25, 0.3) is 0 Å². The summed E-state index contributed by atoms with van der Waals surface area (Å²) >= 11 is 0. The molecule has 0 heterocycles. The van der Waals surface area contributed by atoms with Gasteiger partial charge < -0.3 is 19.4 Å². The summed E-state index contributed by atoms with van der Waals surface area (Å²) in [5.74, 6) is -0.521. The van der Waals surface area contributed by atoms with Crippen LogP contribution in [-0.4, -0.2) is 74.3 Å². The number of allylic oxidation sites excluding steroid dienone is 17. The van der Waals surface area contributed by atoms with Crippen molar-refractivity contribution in [3.63, 3.8) is 0 Å². The van der Waals surface area contributed by atoms with E-state index in [9.17, 15) is 19.0 Å². The molecule has 0 aromatic carbocycles. The highest BCUT2D eigenvalue weighted by Crippen LogP contribution is 2.43. The number of unbranched alkanes of at least 4 members (excludes halogenated alkanes) is 31. The summed E-state index contributed by atoms with van der Waals surface area (Å²) < 4.78 is 30.8. The lowest BCUT2D eigenvalue weighted by Gasteiger charge is -2.27. The summed E-state index contributed by atoms with van der Waals surface area (Å²) in [5.41, 5.74) is 0. The first kappa shape index (κ1) is 81.7. The number of hydrogen-bond acceptors (Lipinski definition) is 6. The van der Waals surface area contributed by atoms with Gasteiger partial charge in [0.1, 0.15) is 19.3 Å². The number of esters is 1. The predicted octanol–water partition coefficient (Wildman–Crippen LogP) is 22.5. The van der Waals surface area contributed by atoms with Crippen LogP contribution in [0.15, 0.2) is 109 Å². The molecule has 0 saturated heterocycles. The lowest BCUT2D eigenvalue weighted by molar-refractivity contribution is -0.870. The van der Waals surface area contributed by atoms with E-state index in [2.05, 4.69) is 123 Å². The summed E-state index contributed by atoms with van der Waals surface area (Å²) in [6, 6.07) is -0.863. The molecule has 0 fully saturated rings. The molecule has 0 spiro atoms. The summed E-state index contributed by atoms with van der Waals surface area (Å²) in [6.07, 6.45) is 88.0. The van der Waals surface area contributed by atoms with Gasteiger partial charge in [-0.2, -0.15) is 0 Å². The molecule has 0 aliphatic rings. The maximum absolute atomic E-state index is 13.6. The average Bonchev–Trinajstić information content (AvgIpc) is 3.52. The van der Waals surface area contributed by atoms with E-state index in [1.165, 1.54) is 141 Å². The largest absolute Gasteiger partial charge is 0.472 e. The third kappa shape index (κ3) is 65.0. The van der Waals surface area contributed by atoms with E-state index < -0.39 is 20.0 Å². The number of carbonyl (C=O) groups is 2. The van der Waals surface area contributed by atoms with Crippen LogP contribution in [-0.2, 0) is 27.9 Å². The van der Waals surface area contributed by atoms with Crippen LogP contribution in [0.2, 0.25) is 0 Å². The van der Waals surface area contributed by atoms with Crippen molar-refractivity contribution < 1.29 is 37.3 Å². The van der Waals surface area contributed by atoms with Gasteiger partial charge in [0.2, 0.25) is 5.91 Å². The third-order valence-corrected chi connectivity index (χ3v) is 16.2. The number of ether oxygens (including phenoxy) is 1. The van der Waals surface area contributed by atoms with Gasteiger partial charge in [-0.1, -0.05) is 285 Å². The fraction of sp³-hybridized carbons (Fsp3) is 0.733. The van der Waals surface area contributed by atoms with Crippen molar-refractivity contribution in [3.05, 3.63) is 109 Å². The van der Waals surface area contributed by atoms with Crippen LogP contribution in [0, 0.1) is 0 Å². The molecule has 0 rings (SSSR count). The number of phosphoric ester groups is 1. The molecule has 0 aromatic rings. The molecule has 3 unspecified atom stereocenters. The molecule has 0 aliphatic carbocycles. The Hall–Kier alpha value is -3.33. The Morgan fingerprint density at radius 1 is 0.424 bits per heavy atom. The molecule has 0 radical (unpaired) electrons. The Kier molecular flexibility index (Phi) is 61.2. The smallest absolute Gasteiger partial charge is 0.456 e. The molecule has 0 bridgehead atoms. The number of phosphoric acid groups is 1. The molecule has 0 saturated carbocycles. The fourth-order valence-corrected chi connectivity index (χ4v) is 10.5. The fourth-order valence-electron chi connectivity index (χ4n) is 9.80. The Bertz CT molecular complexity index is 1820. The molecule has 2 N–H and O–H groups in total. The van der Waals surface area contributed by atoms with Gasteiger partial charge in [-0.3, -0.25) is 18.6 Å². The minimum Gasteiger partial charge on any atom is -0.456 e. The number of carbonyl (C=O) groups excluding carboxylic acids is 2. The minimum atomic E-state index is -4.47. The van der Waals surface area contributed by atoms with E-state index in [0.29, 0.717) is 17.4 Å². The van der Waals surface area contributed by atoms with Crippen LogP contribution in [0.1, 0.15) is 303 Å². The lowest BCUT2D eigenvalue weighted by Crippen LogP contribution is -2.47. The van der Waals surface area contributed by atoms with Crippen molar-refractivity contribution in [3.8, 4) is 0 Å². The number of nitrogens with zero attached hydrogens (tertiary/aromatic N) is 1. The zero-order valence-electron chi connectivity index (χ0n) is 56.1. The van der Waals surface area contributed by atoms with Gasteiger partial charge in [0.25, 0.3) is 0 Å². The summed E-state index contributed by atoms with van der Waals surface area (Å²) in [7, 11) is 1.48. The van der Waals surface area contributed by atoms with E-state index in [1.807, 2.05) is 33.3 Å². The second-order valence-corrected chi connectivity index (χ2v) is 26.1. The third-order valence-electron chi connectivity index (χ3n) is 15.2. The Morgan fingerprint density at radius 3 is 1.15 bits per heavy atom. The van der Waals surface area contributed by atoms with Crippen molar-refractivity contribution in [2.45, 2.75) is 315 Å². The summed E-state index contributed by atoms with van der Waals surface area (Å²) in [5, 5.41) is 3.07. The second kappa shape index (κ2) is 63.7. The second-order valence-electron chi connectivity index (χ2n) is 24.7. The number of nitrogens with one attached hydrogen (secondary N) is 1. The zero-order chi connectivity index (χ0) is 62.1. The van der Waals surface area contributed by atoms with E-state index >= 15 is 0 Å². The van der Waals surface area contributed by atoms with Crippen molar-refractivity contribution in [2.24, 2.45) is 0 Å². The first-order valence-corrected chi connectivity index (χ1v) is 36.7. The number of likely N-dealkylation sites (N-methyl/N-ethyl adjacent to an activating group) is 1. The topological polar surface area (TPSA) is 111 Å². The number of amides is 1. The van der Waals surface area contributed by atoms with E-state index in [1.54, 1.807) is 0 Å². The highest BCUT2D eigenvalue weighted by molar-refractivity contribution is 7.47. The van der Waals surface area contributed by atoms with Crippen LogP contribution in [0.4, 0.5) is 0 Å². The number of hydrogen-bond donors (Lipinski definition) is 2. The number of rotatable bonds is 63. The Morgan fingerprint density at radius 2 is 0.753 bits per heavy atom. The van der Waals surface area contributed by atoms with Gasteiger partial charge >= 0.3 is 13.8 Å². The van der Waals surface area contributed by atoms with Crippen molar-refractivity contribution in [2.75, 3.05) is 40.9 Å². The maximum atomic E-state index is 13.6. The molecule has 490 valence electrons. The van der Waals surface area contributed by atoms with E-state index in [-0.39, 0.29) is 31.5 Å². The first-order valence-electron chi connectivity index (χ1n) is 35.2. The SMILES string of the molecule is CC/C=C\C/C=C\C/C=C\C/C=C\C/C=C\CCCCCCCCCC(=O)OC(/C=C/CCCCCCCCCCCCC)C(COP(=O)(O)OCC[N+](C)(C)C)NC(=O)CCCCCCCCCCCC/C=C\C/C=C\C/C=C\CCCCC. The molecule has 85 heavy (non-hydrogen) atoms. The van der Waals surface area contributed by atoms with Gasteiger partial charge in [0.15, 0.2) is 0 Å². The average molecular weight is 1210 g/mol. The van der Waals surface area contributed by atoms with Crippen molar-refractivity contribution >= 4 is 19.7 Å². The Labute approximate surface area is 525 Å². The molecule has 0 aliphatic heterocycles. The van der Waals surface area contributed by atoms with Crippen LogP contribution in [0.5, 0.6) is 0 Å². The van der Waals surface area contributed by atoms with E-state index in [4.69, 9.17) is 13.8 Å². The quantitative estimate of drug-likeness (QED) is 0.0205. The predicted molar refractivity (Wildman–Crippen MR) is 369 cm³/mol. The zero-order valence-corrected chi connectivity index (χ0v) is 57.0. The van der Waals surface area contributed by atoms with E-state index in [0.717, 1.165) is 128 Å². The minimum absolute atomic E-state index is 0.0328. The van der Waals surface area contributed by atoms with Gasteiger partial charge in [0, 0.05) is 12.8 Å². The van der Waals surface area contributed by atoms with Gasteiger partial charge in [-0.05, 0) is 115 Å². The van der Waals surface area contributed by atoms with Gasteiger partial charge in [-0.25, -0.2) is 4.57 Å². The molecule has 10 heteroatoms. The molecular formula is C75H134N2O7P+. The lowest BCUT2D eigenvalue weighted by atomic mass is 10.0. The molecule has 3 atom stereocenters. The normalized spacial score (nSPS) is 14.2. The molecular weight excluding hydrogens is 1070 g/mol. The first-order chi connectivity index (χ1) is 41.4. The molecule has 9 nitrogen and oxygen atoms in total. The summed E-state index contributed by atoms with van der Waals surface area (Å²) in [6.45, 7) is 6.88. The highest BCUT2D eigenvalue weighted by atomic mass is 31.2. The maximum Gasteiger partial charge on any atom is 0.472 e. The highest BCUT2D eigenvalue weighted by Gasteiger charge is 2.30.